The molecular weight excluding hydrogens is 208 g/mol. The van der Waals surface area contributed by atoms with Gasteiger partial charge in [-0.2, -0.15) is 0 Å². The van der Waals surface area contributed by atoms with Gasteiger partial charge < -0.3 is 5.11 Å². The Morgan fingerprint density at radius 3 is 2.06 bits per heavy atom. The first-order valence-corrected chi connectivity index (χ1v) is 6.12. The minimum Gasteiger partial charge on any atom is -0.508 e. The average molecular weight is 232 g/mol. The van der Waals surface area contributed by atoms with Gasteiger partial charge in [0.1, 0.15) is 5.75 Å². The molecule has 0 saturated heterocycles. The summed E-state index contributed by atoms with van der Waals surface area (Å²) in [5.74, 6) is 0.380. The van der Waals surface area contributed by atoms with Gasteiger partial charge in [0.05, 0.1) is 0 Å². The van der Waals surface area contributed by atoms with Gasteiger partial charge >= 0.3 is 0 Å². The second kappa shape index (κ2) is 4.56. The summed E-state index contributed by atoms with van der Waals surface area (Å²) in [5.41, 5.74) is 2.28. The van der Waals surface area contributed by atoms with E-state index < -0.39 is 0 Å². The second-order valence-corrected chi connectivity index (χ2v) is 6.73. The number of aromatic hydroxyl groups is 1. The molecule has 0 unspecified atom stereocenters. The van der Waals surface area contributed by atoms with E-state index in [1.165, 1.54) is 0 Å². The lowest BCUT2D eigenvalue weighted by Crippen LogP contribution is -2.11. The van der Waals surface area contributed by atoms with Gasteiger partial charge in [0.25, 0.3) is 0 Å². The first-order valence-electron chi connectivity index (χ1n) is 6.12. The third-order valence-electron chi connectivity index (χ3n) is 2.60. The Hall–Kier alpha value is -1.24. The number of allylic oxidation sites excluding steroid dienone is 1. The van der Waals surface area contributed by atoms with E-state index in [-0.39, 0.29) is 10.8 Å². The van der Waals surface area contributed by atoms with E-state index in [1.807, 2.05) is 6.07 Å². The van der Waals surface area contributed by atoms with Crippen LogP contribution in [-0.2, 0) is 5.41 Å². The molecule has 0 fully saturated rings. The Balaban J connectivity index is 3.10. The Kier molecular flexibility index (Phi) is 3.71. The van der Waals surface area contributed by atoms with E-state index in [4.69, 9.17) is 0 Å². The molecule has 0 aromatic heterocycles. The lowest BCUT2D eigenvalue weighted by atomic mass is 9.85. The van der Waals surface area contributed by atoms with Gasteiger partial charge in [-0.25, -0.2) is 0 Å². The van der Waals surface area contributed by atoms with E-state index >= 15 is 0 Å². The fraction of sp³-hybridized carbons (Fsp3) is 0.500. The minimum absolute atomic E-state index is 0.0321. The second-order valence-electron chi connectivity index (χ2n) is 6.73. The summed E-state index contributed by atoms with van der Waals surface area (Å²) in [6.45, 7) is 12.9. The first-order chi connectivity index (χ1) is 7.59. The predicted molar refractivity (Wildman–Crippen MR) is 75.3 cm³/mol. The normalized spacial score (nSPS) is 13.3. The lowest BCUT2D eigenvalue weighted by molar-refractivity contribution is 0.446. The van der Waals surface area contributed by atoms with Crippen LogP contribution in [0.15, 0.2) is 24.3 Å². The predicted octanol–water partition coefficient (Wildman–Crippen LogP) is 4.75. The summed E-state index contributed by atoms with van der Waals surface area (Å²) >= 11 is 0. The fourth-order valence-corrected chi connectivity index (χ4v) is 1.60. The molecule has 0 spiro atoms. The van der Waals surface area contributed by atoms with Crippen LogP contribution in [0.4, 0.5) is 0 Å². The summed E-state index contributed by atoms with van der Waals surface area (Å²) in [6.07, 6.45) is 4.31. The van der Waals surface area contributed by atoms with Crippen LogP contribution in [0.3, 0.4) is 0 Å². The number of benzene rings is 1. The van der Waals surface area contributed by atoms with Crippen molar-refractivity contribution in [3.8, 4) is 5.75 Å². The lowest BCUT2D eigenvalue weighted by Gasteiger charge is -2.21. The monoisotopic (exact) mass is 232 g/mol. The molecule has 94 valence electrons. The number of hydrogen-bond acceptors (Lipinski definition) is 1. The minimum atomic E-state index is -0.0321. The van der Waals surface area contributed by atoms with Crippen molar-refractivity contribution in [1.82, 2.24) is 0 Å². The molecule has 0 aliphatic rings. The SMILES string of the molecule is CC(C)(C)C=Cc1ccc(O)c(C(C)(C)C)c1. The highest BCUT2D eigenvalue weighted by molar-refractivity contribution is 5.55. The first kappa shape index (κ1) is 13.8. The molecule has 0 radical (unpaired) electrons. The summed E-state index contributed by atoms with van der Waals surface area (Å²) in [4.78, 5) is 0. The van der Waals surface area contributed by atoms with Crippen LogP contribution in [0, 0.1) is 5.41 Å². The molecule has 1 aromatic rings. The van der Waals surface area contributed by atoms with Crippen molar-refractivity contribution in [2.45, 2.75) is 47.0 Å². The van der Waals surface area contributed by atoms with Gasteiger partial charge in [0, 0.05) is 0 Å². The average Bonchev–Trinajstić information content (AvgIpc) is 2.13. The van der Waals surface area contributed by atoms with Gasteiger partial charge in [-0.05, 0) is 34.1 Å². The van der Waals surface area contributed by atoms with Gasteiger partial charge in [0.15, 0.2) is 0 Å². The van der Waals surface area contributed by atoms with E-state index in [0.29, 0.717) is 5.75 Å². The zero-order valence-electron chi connectivity index (χ0n) is 11.8. The highest BCUT2D eigenvalue weighted by Crippen LogP contribution is 2.31. The molecule has 1 aromatic carbocycles. The van der Waals surface area contributed by atoms with Crippen molar-refractivity contribution < 1.29 is 5.11 Å². The van der Waals surface area contributed by atoms with Gasteiger partial charge in [-0.3, -0.25) is 0 Å². The smallest absolute Gasteiger partial charge is 0.119 e. The fourth-order valence-electron chi connectivity index (χ4n) is 1.60. The molecule has 1 heteroatoms. The summed E-state index contributed by atoms with van der Waals surface area (Å²) in [7, 11) is 0. The zero-order valence-corrected chi connectivity index (χ0v) is 11.8. The molecule has 1 nitrogen and oxygen atoms in total. The van der Waals surface area contributed by atoms with E-state index in [2.05, 4.69) is 59.8 Å². The van der Waals surface area contributed by atoms with E-state index in [1.54, 1.807) is 6.07 Å². The molecule has 17 heavy (non-hydrogen) atoms. The van der Waals surface area contributed by atoms with Gasteiger partial charge in [-0.1, -0.05) is 59.8 Å². The molecule has 0 aliphatic heterocycles. The summed E-state index contributed by atoms with van der Waals surface area (Å²) in [6, 6.07) is 5.80. The molecular formula is C16H24O. The molecule has 0 heterocycles. The van der Waals surface area contributed by atoms with Gasteiger partial charge in [-0.15, -0.1) is 0 Å². The van der Waals surface area contributed by atoms with Crippen LogP contribution in [-0.4, -0.2) is 5.11 Å². The number of hydrogen-bond donors (Lipinski definition) is 1. The van der Waals surface area contributed by atoms with Crippen LogP contribution in [0.2, 0.25) is 0 Å². The van der Waals surface area contributed by atoms with Crippen molar-refractivity contribution in [3.63, 3.8) is 0 Å². The van der Waals surface area contributed by atoms with Crippen molar-refractivity contribution in [2.75, 3.05) is 0 Å². The maximum atomic E-state index is 9.87. The molecule has 0 amide bonds. The highest BCUT2D eigenvalue weighted by atomic mass is 16.3. The molecule has 0 atom stereocenters. The molecule has 0 saturated carbocycles. The Bertz CT molecular complexity index is 414. The number of rotatable bonds is 1. The molecule has 1 N–H and O–H groups in total. The maximum absolute atomic E-state index is 9.87. The van der Waals surface area contributed by atoms with E-state index in [0.717, 1.165) is 11.1 Å². The van der Waals surface area contributed by atoms with Crippen molar-refractivity contribution >= 4 is 6.08 Å². The molecule has 1 rings (SSSR count). The summed E-state index contributed by atoms with van der Waals surface area (Å²) < 4.78 is 0. The zero-order chi connectivity index (χ0) is 13.3. The third-order valence-corrected chi connectivity index (χ3v) is 2.60. The third kappa shape index (κ3) is 4.26. The van der Waals surface area contributed by atoms with Crippen molar-refractivity contribution in [3.05, 3.63) is 35.4 Å². The van der Waals surface area contributed by atoms with E-state index in [9.17, 15) is 5.11 Å². The maximum Gasteiger partial charge on any atom is 0.119 e. The van der Waals surface area contributed by atoms with Crippen LogP contribution in [0.1, 0.15) is 52.7 Å². The van der Waals surface area contributed by atoms with Crippen LogP contribution < -0.4 is 0 Å². The Morgan fingerprint density at radius 2 is 1.59 bits per heavy atom. The quantitative estimate of drug-likeness (QED) is 0.741. The highest BCUT2D eigenvalue weighted by Gasteiger charge is 2.17. The van der Waals surface area contributed by atoms with Crippen molar-refractivity contribution in [1.29, 1.82) is 0 Å². The standard InChI is InChI=1S/C16H24O/c1-15(2,3)10-9-12-7-8-14(17)13(11-12)16(4,5)6/h7-11,17H,1-6H3. The Labute approximate surface area is 105 Å². The van der Waals surface area contributed by atoms with Crippen LogP contribution in [0.5, 0.6) is 5.75 Å². The number of phenolic OH excluding ortho intramolecular Hbond substituents is 1. The van der Waals surface area contributed by atoms with Crippen LogP contribution >= 0.6 is 0 Å². The Morgan fingerprint density at radius 1 is 1.00 bits per heavy atom. The van der Waals surface area contributed by atoms with Crippen LogP contribution in [0.25, 0.3) is 6.08 Å². The largest absolute Gasteiger partial charge is 0.508 e. The summed E-state index contributed by atoms with van der Waals surface area (Å²) in [5, 5.41) is 9.87. The topological polar surface area (TPSA) is 20.2 Å². The molecule has 0 aliphatic carbocycles. The van der Waals surface area contributed by atoms with Crippen molar-refractivity contribution in [2.24, 2.45) is 5.41 Å². The molecule has 0 bridgehead atoms. The van der Waals surface area contributed by atoms with Gasteiger partial charge in [0.2, 0.25) is 0 Å². The number of phenols is 1.